The smallest absolute Gasteiger partial charge is 0.336 e. The van der Waals surface area contributed by atoms with Crippen LogP contribution in [0.15, 0.2) is 48.5 Å². The molecule has 104 valence electrons. The number of rotatable bonds is 2. The van der Waals surface area contributed by atoms with Crippen molar-refractivity contribution in [2.24, 2.45) is 0 Å². The summed E-state index contributed by atoms with van der Waals surface area (Å²) in [7, 11) is 0. The highest BCUT2D eigenvalue weighted by Gasteiger charge is 2.14. The largest absolute Gasteiger partial charge is 0.508 e. The van der Waals surface area contributed by atoms with Crippen LogP contribution < -0.4 is 0 Å². The Labute approximate surface area is 119 Å². The molecule has 0 spiro atoms. The van der Waals surface area contributed by atoms with E-state index in [-0.39, 0.29) is 22.6 Å². The molecule has 0 fully saturated rings. The van der Waals surface area contributed by atoms with Crippen molar-refractivity contribution in [3.63, 3.8) is 0 Å². The number of aromatic carboxylic acids is 1. The summed E-state index contributed by atoms with van der Waals surface area (Å²) in [5, 5.41) is 29.3. The van der Waals surface area contributed by atoms with E-state index in [1.165, 1.54) is 24.3 Å². The second-order valence-electron chi connectivity index (χ2n) is 4.58. The van der Waals surface area contributed by atoms with Gasteiger partial charge in [0.1, 0.15) is 11.5 Å². The summed E-state index contributed by atoms with van der Waals surface area (Å²) in [6.07, 6.45) is 0. The number of benzene rings is 2. The molecule has 21 heavy (non-hydrogen) atoms. The zero-order valence-electron chi connectivity index (χ0n) is 10.8. The van der Waals surface area contributed by atoms with Gasteiger partial charge in [0.25, 0.3) is 0 Å². The topological polar surface area (TPSA) is 90.7 Å². The molecule has 5 nitrogen and oxygen atoms in total. The van der Waals surface area contributed by atoms with Gasteiger partial charge in [0.2, 0.25) is 0 Å². The second-order valence-corrected chi connectivity index (χ2v) is 4.58. The van der Waals surface area contributed by atoms with E-state index in [2.05, 4.69) is 4.98 Å². The summed E-state index contributed by atoms with van der Waals surface area (Å²) in [5.41, 5.74) is 1.18. The number of carbonyl (C=O) groups is 1. The molecule has 0 radical (unpaired) electrons. The van der Waals surface area contributed by atoms with Crippen molar-refractivity contribution in [1.29, 1.82) is 0 Å². The van der Waals surface area contributed by atoms with Gasteiger partial charge in [-0.05, 0) is 30.3 Å². The summed E-state index contributed by atoms with van der Waals surface area (Å²) >= 11 is 0. The lowest BCUT2D eigenvalue weighted by atomic mass is 10.0. The zero-order chi connectivity index (χ0) is 15.0. The minimum atomic E-state index is -1.07. The number of pyridine rings is 1. The van der Waals surface area contributed by atoms with Crippen molar-refractivity contribution in [2.75, 3.05) is 0 Å². The molecule has 0 aliphatic carbocycles. The molecule has 3 aromatic rings. The molecule has 0 unspecified atom stereocenters. The van der Waals surface area contributed by atoms with Crippen molar-refractivity contribution in [1.82, 2.24) is 4.98 Å². The van der Waals surface area contributed by atoms with E-state index in [4.69, 9.17) is 0 Å². The number of fused-ring (bicyclic) bond motifs is 1. The average Bonchev–Trinajstić information content (AvgIpc) is 2.48. The Kier molecular flexibility index (Phi) is 2.95. The Morgan fingerprint density at radius 3 is 2.52 bits per heavy atom. The number of hydrogen-bond acceptors (Lipinski definition) is 4. The molecular weight excluding hydrogens is 270 g/mol. The molecule has 1 aromatic heterocycles. The molecule has 0 atom stereocenters. The number of hydrogen-bond donors (Lipinski definition) is 3. The van der Waals surface area contributed by atoms with Gasteiger partial charge in [0.05, 0.1) is 16.8 Å². The average molecular weight is 281 g/mol. The van der Waals surface area contributed by atoms with Crippen LogP contribution in [-0.4, -0.2) is 26.3 Å². The van der Waals surface area contributed by atoms with E-state index < -0.39 is 5.97 Å². The van der Waals surface area contributed by atoms with Gasteiger partial charge in [0, 0.05) is 10.9 Å². The van der Waals surface area contributed by atoms with Crippen LogP contribution in [0.5, 0.6) is 11.5 Å². The van der Waals surface area contributed by atoms with Crippen LogP contribution in [0.4, 0.5) is 0 Å². The van der Waals surface area contributed by atoms with E-state index in [0.29, 0.717) is 16.6 Å². The predicted molar refractivity (Wildman–Crippen MR) is 77.5 cm³/mol. The number of aromatic hydroxyl groups is 2. The summed E-state index contributed by atoms with van der Waals surface area (Å²) in [5.74, 6) is -1.18. The molecule has 3 rings (SSSR count). The van der Waals surface area contributed by atoms with E-state index in [1.54, 1.807) is 24.3 Å². The van der Waals surface area contributed by atoms with E-state index in [9.17, 15) is 20.1 Å². The van der Waals surface area contributed by atoms with Crippen LogP contribution in [0.25, 0.3) is 22.2 Å². The van der Waals surface area contributed by atoms with Crippen molar-refractivity contribution in [2.45, 2.75) is 0 Å². The number of nitrogens with zero attached hydrogens (tertiary/aromatic N) is 1. The van der Waals surface area contributed by atoms with Gasteiger partial charge in [-0.3, -0.25) is 0 Å². The molecule has 0 saturated heterocycles. The van der Waals surface area contributed by atoms with Crippen molar-refractivity contribution in [3.8, 4) is 22.8 Å². The summed E-state index contributed by atoms with van der Waals surface area (Å²) in [4.78, 5) is 15.8. The molecule has 0 aliphatic heterocycles. The molecule has 5 heteroatoms. The molecule has 0 bridgehead atoms. The van der Waals surface area contributed by atoms with Crippen LogP contribution in [0, 0.1) is 0 Å². The lowest BCUT2D eigenvalue weighted by Gasteiger charge is -2.08. The first kappa shape index (κ1) is 12.9. The minimum absolute atomic E-state index is 0.0327. The number of aromatic nitrogens is 1. The Hall–Kier alpha value is -3.08. The highest BCUT2D eigenvalue weighted by Crippen LogP contribution is 2.33. The zero-order valence-corrected chi connectivity index (χ0v) is 10.8. The number of carboxylic acid groups (broad SMARTS) is 1. The third-order valence-corrected chi connectivity index (χ3v) is 3.20. The third kappa shape index (κ3) is 2.25. The fraction of sp³-hybridized carbons (Fsp3) is 0. The van der Waals surface area contributed by atoms with Gasteiger partial charge in [-0.2, -0.15) is 0 Å². The summed E-state index contributed by atoms with van der Waals surface area (Å²) < 4.78 is 0. The first-order valence-corrected chi connectivity index (χ1v) is 6.21. The normalized spacial score (nSPS) is 10.7. The SMILES string of the molecule is O=C(O)c1cc(-c2cc(O)ccc2O)nc2ccccc12. The molecule has 3 N–H and O–H groups in total. The van der Waals surface area contributed by atoms with Crippen molar-refractivity contribution < 1.29 is 20.1 Å². The van der Waals surface area contributed by atoms with Gasteiger partial charge in [-0.25, -0.2) is 9.78 Å². The number of para-hydroxylation sites is 1. The lowest BCUT2D eigenvalue weighted by Crippen LogP contribution is -2.00. The van der Waals surface area contributed by atoms with Crippen LogP contribution in [0.1, 0.15) is 10.4 Å². The van der Waals surface area contributed by atoms with Gasteiger partial charge in [-0.1, -0.05) is 18.2 Å². The quantitative estimate of drug-likeness (QED) is 0.628. The third-order valence-electron chi connectivity index (χ3n) is 3.20. The van der Waals surface area contributed by atoms with Crippen LogP contribution >= 0.6 is 0 Å². The molecule has 2 aromatic carbocycles. The summed E-state index contributed by atoms with van der Waals surface area (Å²) in [6, 6.07) is 12.3. The van der Waals surface area contributed by atoms with Gasteiger partial charge in [-0.15, -0.1) is 0 Å². The van der Waals surface area contributed by atoms with Crippen LogP contribution in [0.2, 0.25) is 0 Å². The highest BCUT2D eigenvalue weighted by molar-refractivity contribution is 6.03. The fourth-order valence-electron chi connectivity index (χ4n) is 2.22. The standard InChI is InChI=1S/C16H11NO4/c18-9-5-6-15(19)12(7-9)14-8-11(16(20)21)10-3-1-2-4-13(10)17-14/h1-8,18-19H,(H,20,21). The summed E-state index contributed by atoms with van der Waals surface area (Å²) in [6.45, 7) is 0. The Morgan fingerprint density at radius 2 is 1.76 bits per heavy atom. The Balaban J connectivity index is 2.33. The van der Waals surface area contributed by atoms with Gasteiger partial charge in [0.15, 0.2) is 0 Å². The Bertz CT molecular complexity index is 858. The second kappa shape index (κ2) is 4.79. The molecule has 1 heterocycles. The maximum Gasteiger partial charge on any atom is 0.336 e. The molecule has 0 saturated carbocycles. The fourth-order valence-corrected chi connectivity index (χ4v) is 2.22. The van der Waals surface area contributed by atoms with Crippen molar-refractivity contribution in [3.05, 3.63) is 54.1 Å². The maximum atomic E-state index is 11.4. The highest BCUT2D eigenvalue weighted by atomic mass is 16.4. The maximum absolute atomic E-state index is 11.4. The Morgan fingerprint density at radius 1 is 1.00 bits per heavy atom. The first-order chi connectivity index (χ1) is 10.1. The van der Waals surface area contributed by atoms with E-state index in [1.807, 2.05) is 0 Å². The number of carboxylic acids is 1. The monoisotopic (exact) mass is 281 g/mol. The van der Waals surface area contributed by atoms with E-state index >= 15 is 0 Å². The first-order valence-electron chi connectivity index (χ1n) is 6.21. The van der Waals surface area contributed by atoms with Crippen molar-refractivity contribution >= 4 is 16.9 Å². The van der Waals surface area contributed by atoms with Crippen LogP contribution in [0.3, 0.4) is 0 Å². The lowest BCUT2D eigenvalue weighted by molar-refractivity contribution is 0.0699. The van der Waals surface area contributed by atoms with E-state index in [0.717, 1.165) is 0 Å². The van der Waals surface area contributed by atoms with Crippen LogP contribution in [-0.2, 0) is 0 Å². The number of phenols is 2. The van der Waals surface area contributed by atoms with Gasteiger partial charge >= 0.3 is 5.97 Å². The van der Waals surface area contributed by atoms with Gasteiger partial charge < -0.3 is 15.3 Å². The minimum Gasteiger partial charge on any atom is -0.508 e. The molecular formula is C16H11NO4. The molecule has 0 amide bonds. The number of phenolic OH excluding ortho intramolecular Hbond substituents is 2. The molecule has 0 aliphatic rings. The predicted octanol–water partition coefficient (Wildman–Crippen LogP) is 3.01.